The summed E-state index contributed by atoms with van der Waals surface area (Å²) in [5, 5.41) is 9.01. The van der Waals surface area contributed by atoms with Gasteiger partial charge in [0, 0.05) is 31.4 Å². The molecule has 8 heteroatoms. The second-order valence-electron chi connectivity index (χ2n) is 7.28. The van der Waals surface area contributed by atoms with Gasteiger partial charge in [0.25, 0.3) is 0 Å². The second kappa shape index (κ2) is 5.77. The highest BCUT2D eigenvalue weighted by Crippen LogP contribution is 2.40. The number of carboxylic acids is 1. The zero-order valence-electron chi connectivity index (χ0n) is 14.2. The van der Waals surface area contributed by atoms with Gasteiger partial charge < -0.3 is 20.3 Å². The van der Waals surface area contributed by atoms with Crippen LogP contribution >= 0.6 is 0 Å². The molecular formula is C18H19F2N3O3. The summed E-state index contributed by atoms with van der Waals surface area (Å²) >= 11 is 0. The van der Waals surface area contributed by atoms with Crippen LogP contribution in [0, 0.1) is 17.6 Å². The van der Waals surface area contributed by atoms with Crippen LogP contribution in [0.3, 0.4) is 0 Å². The van der Waals surface area contributed by atoms with E-state index in [4.69, 9.17) is 5.73 Å². The van der Waals surface area contributed by atoms with Crippen molar-refractivity contribution in [1.29, 1.82) is 0 Å². The first-order valence-electron chi connectivity index (χ1n) is 8.60. The van der Waals surface area contributed by atoms with Crippen LogP contribution in [0.25, 0.3) is 10.9 Å². The van der Waals surface area contributed by atoms with E-state index >= 15 is 4.39 Å². The van der Waals surface area contributed by atoms with E-state index in [9.17, 15) is 19.1 Å². The molecule has 26 heavy (non-hydrogen) atoms. The van der Waals surface area contributed by atoms with Crippen molar-refractivity contribution in [2.45, 2.75) is 31.8 Å². The molecule has 1 aromatic heterocycles. The summed E-state index contributed by atoms with van der Waals surface area (Å²) in [6.45, 7) is 2.66. The Hall–Kier alpha value is -2.48. The van der Waals surface area contributed by atoms with Crippen LogP contribution in [0.2, 0.25) is 0 Å². The predicted molar refractivity (Wildman–Crippen MR) is 92.7 cm³/mol. The molecule has 138 valence electrons. The highest BCUT2D eigenvalue weighted by Gasteiger charge is 2.34. The summed E-state index contributed by atoms with van der Waals surface area (Å²) in [5.41, 5.74) is 4.39. The summed E-state index contributed by atoms with van der Waals surface area (Å²) in [6.07, 6.45) is 2.69. The number of carboxylic acid groups (broad SMARTS) is 1. The van der Waals surface area contributed by atoms with Crippen LogP contribution in [-0.2, 0) is 0 Å². The number of anilines is 1. The molecule has 1 aliphatic heterocycles. The van der Waals surface area contributed by atoms with Gasteiger partial charge >= 0.3 is 5.97 Å². The average molecular weight is 363 g/mol. The van der Waals surface area contributed by atoms with Gasteiger partial charge in [0.05, 0.1) is 10.9 Å². The van der Waals surface area contributed by atoms with E-state index in [1.165, 1.54) is 10.8 Å². The third-order valence-electron chi connectivity index (χ3n) is 5.34. The van der Waals surface area contributed by atoms with Gasteiger partial charge in [-0.3, -0.25) is 4.79 Å². The molecule has 2 fully saturated rings. The number of hydrogen-bond donors (Lipinski definition) is 2. The number of nitrogens with zero attached hydrogens (tertiary/aromatic N) is 2. The van der Waals surface area contributed by atoms with E-state index in [2.05, 4.69) is 0 Å². The zero-order chi connectivity index (χ0) is 18.7. The minimum atomic E-state index is -1.41. The maximum atomic E-state index is 15.4. The molecule has 2 atom stereocenters. The van der Waals surface area contributed by atoms with E-state index in [0.717, 1.165) is 18.9 Å². The van der Waals surface area contributed by atoms with Crippen LogP contribution in [0.5, 0.6) is 0 Å². The Morgan fingerprint density at radius 1 is 1.31 bits per heavy atom. The number of nitrogens with two attached hydrogens (primary N) is 1. The minimum Gasteiger partial charge on any atom is -0.477 e. The monoisotopic (exact) mass is 363 g/mol. The Labute approximate surface area is 147 Å². The molecule has 6 nitrogen and oxygen atoms in total. The number of aromatic nitrogens is 1. The summed E-state index contributed by atoms with van der Waals surface area (Å²) in [5.74, 6) is -3.03. The summed E-state index contributed by atoms with van der Waals surface area (Å²) in [4.78, 5) is 25.4. The lowest BCUT2D eigenvalue weighted by atomic mass is 10.1. The van der Waals surface area contributed by atoms with Crippen molar-refractivity contribution < 1.29 is 18.7 Å². The van der Waals surface area contributed by atoms with Gasteiger partial charge in [0.2, 0.25) is 5.43 Å². The number of rotatable bonds is 3. The summed E-state index contributed by atoms with van der Waals surface area (Å²) < 4.78 is 31.6. The fraction of sp³-hybridized carbons (Fsp3) is 0.444. The van der Waals surface area contributed by atoms with Crippen LogP contribution < -0.4 is 16.1 Å². The van der Waals surface area contributed by atoms with Gasteiger partial charge in [-0.1, -0.05) is 6.92 Å². The number of hydrogen-bond acceptors (Lipinski definition) is 4. The molecule has 0 bridgehead atoms. The van der Waals surface area contributed by atoms with Gasteiger partial charge in [-0.25, -0.2) is 13.6 Å². The molecule has 0 amide bonds. The van der Waals surface area contributed by atoms with E-state index in [1.807, 2.05) is 6.92 Å². The van der Waals surface area contributed by atoms with E-state index in [0.29, 0.717) is 13.1 Å². The standard InChI is InChI=1S/C18H19F2N3O3/c1-8-5-22(7-13(8)21)16-12(19)4-10-15(14(16)20)23(9-2-3-9)6-11(17(10)24)18(25)26/h4,6,8-9,13H,2-3,5,7,21H2,1H3,(H,25,26)/t8-,13-/m0/s1. The van der Waals surface area contributed by atoms with Crippen LogP contribution in [0.4, 0.5) is 14.5 Å². The first kappa shape index (κ1) is 17.0. The van der Waals surface area contributed by atoms with Crippen molar-refractivity contribution in [2.75, 3.05) is 18.0 Å². The van der Waals surface area contributed by atoms with Gasteiger partial charge in [0.1, 0.15) is 17.1 Å². The van der Waals surface area contributed by atoms with Crippen molar-refractivity contribution in [3.05, 3.63) is 39.7 Å². The molecule has 1 saturated heterocycles. The third kappa shape index (κ3) is 2.47. The maximum absolute atomic E-state index is 15.4. The van der Waals surface area contributed by atoms with Gasteiger partial charge in [-0.2, -0.15) is 0 Å². The molecule has 0 unspecified atom stereocenters. The molecule has 2 aromatic rings. The Morgan fingerprint density at radius 2 is 2.00 bits per heavy atom. The van der Waals surface area contributed by atoms with Crippen molar-refractivity contribution in [3.63, 3.8) is 0 Å². The lowest BCUT2D eigenvalue weighted by molar-refractivity contribution is 0.0695. The molecule has 1 aromatic carbocycles. The largest absolute Gasteiger partial charge is 0.477 e. The summed E-state index contributed by atoms with van der Waals surface area (Å²) in [6, 6.07) is 0.684. The number of aromatic carboxylic acids is 1. The maximum Gasteiger partial charge on any atom is 0.341 e. The first-order chi connectivity index (χ1) is 12.3. The lowest BCUT2D eigenvalue weighted by Crippen LogP contribution is -2.29. The number of fused-ring (bicyclic) bond motifs is 1. The topological polar surface area (TPSA) is 88.6 Å². The first-order valence-corrected chi connectivity index (χ1v) is 8.60. The van der Waals surface area contributed by atoms with E-state index in [-0.39, 0.29) is 34.6 Å². The summed E-state index contributed by atoms with van der Waals surface area (Å²) in [7, 11) is 0. The second-order valence-corrected chi connectivity index (χ2v) is 7.28. The fourth-order valence-electron chi connectivity index (χ4n) is 3.69. The van der Waals surface area contributed by atoms with Gasteiger partial charge in [-0.15, -0.1) is 0 Å². The Kier molecular flexibility index (Phi) is 3.76. The molecule has 2 heterocycles. The third-order valence-corrected chi connectivity index (χ3v) is 5.34. The van der Waals surface area contributed by atoms with Crippen molar-refractivity contribution in [2.24, 2.45) is 11.7 Å². The smallest absolute Gasteiger partial charge is 0.341 e. The van der Waals surface area contributed by atoms with Crippen molar-refractivity contribution >= 4 is 22.6 Å². The highest BCUT2D eigenvalue weighted by atomic mass is 19.1. The Bertz CT molecular complexity index is 974. The van der Waals surface area contributed by atoms with Gasteiger partial charge in [0.15, 0.2) is 5.82 Å². The Morgan fingerprint density at radius 3 is 2.54 bits per heavy atom. The minimum absolute atomic E-state index is 0.0352. The molecule has 4 rings (SSSR count). The molecule has 2 aliphatic rings. The van der Waals surface area contributed by atoms with Gasteiger partial charge in [-0.05, 0) is 24.8 Å². The lowest BCUT2D eigenvalue weighted by Gasteiger charge is -2.22. The van der Waals surface area contributed by atoms with Crippen molar-refractivity contribution in [1.82, 2.24) is 4.57 Å². The van der Waals surface area contributed by atoms with Crippen molar-refractivity contribution in [3.8, 4) is 0 Å². The molecule has 3 N–H and O–H groups in total. The number of halogens is 2. The molecule has 1 aliphatic carbocycles. The number of benzene rings is 1. The fourth-order valence-corrected chi connectivity index (χ4v) is 3.69. The highest BCUT2D eigenvalue weighted by molar-refractivity contribution is 5.94. The predicted octanol–water partition coefficient (Wildman–Crippen LogP) is 2.10. The van der Waals surface area contributed by atoms with E-state index < -0.39 is 28.6 Å². The molecular weight excluding hydrogens is 344 g/mol. The van der Waals surface area contributed by atoms with Crippen LogP contribution in [0.1, 0.15) is 36.2 Å². The number of carbonyl (C=O) groups is 1. The Balaban J connectivity index is 2.00. The molecule has 1 saturated carbocycles. The molecule has 0 radical (unpaired) electrons. The zero-order valence-corrected chi connectivity index (χ0v) is 14.2. The van der Waals surface area contributed by atoms with Crippen LogP contribution in [0.15, 0.2) is 17.1 Å². The number of pyridine rings is 1. The van der Waals surface area contributed by atoms with Crippen LogP contribution in [-0.4, -0.2) is 34.8 Å². The van der Waals surface area contributed by atoms with E-state index in [1.54, 1.807) is 4.90 Å². The molecule has 0 spiro atoms. The quantitative estimate of drug-likeness (QED) is 0.872. The SMILES string of the molecule is C[C@H]1CN(c2c(F)cc3c(=O)c(C(=O)O)cn(C4CC4)c3c2F)C[C@@H]1N. The normalized spacial score (nSPS) is 23.0. The average Bonchev–Trinajstić information content (AvgIpc) is 3.35.